The molecule has 2 unspecified atom stereocenters. The molecule has 0 aromatic heterocycles. The van der Waals surface area contributed by atoms with E-state index in [4.69, 9.17) is 4.74 Å². The number of alkyl halides is 3. The zero-order valence-corrected chi connectivity index (χ0v) is 14.3. The molecule has 1 aromatic rings. The summed E-state index contributed by atoms with van der Waals surface area (Å²) in [6.07, 6.45) is -5.65. The average Bonchev–Trinajstić information content (AvgIpc) is 2.42. The van der Waals surface area contributed by atoms with E-state index >= 15 is 0 Å². The summed E-state index contributed by atoms with van der Waals surface area (Å²) in [5, 5.41) is 12.1. The second kappa shape index (κ2) is 7.88. The molecule has 7 heteroatoms. The summed E-state index contributed by atoms with van der Waals surface area (Å²) in [7, 11) is 0. The van der Waals surface area contributed by atoms with E-state index < -0.39 is 29.9 Å². The fourth-order valence-electron chi connectivity index (χ4n) is 2.39. The molecule has 1 amide bonds. The maximum atomic E-state index is 12.9. The number of amides is 1. The third-order valence-corrected chi connectivity index (χ3v) is 3.45. The van der Waals surface area contributed by atoms with Crippen LogP contribution in [0.25, 0.3) is 0 Å². The minimum absolute atomic E-state index is 0.283. The number of halogens is 3. The molecule has 0 fully saturated rings. The summed E-state index contributed by atoms with van der Waals surface area (Å²) >= 11 is 0. The standard InChI is InChI=1S/C17H24F3NO3/c1-11(22)9-16(3,4)10-21-15(23)12(2)24-14-8-6-5-7-13(14)17(18,19)20/h5-8,11-12,22H,9-10H2,1-4H3,(H,21,23). The molecule has 0 saturated carbocycles. The van der Waals surface area contributed by atoms with E-state index in [1.54, 1.807) is 6.92 Å². The lowest BCUT2D eigenvalue weighted by Crippen LogP contribution is -2.42. The molecule has 0 radical (unpaired) electrons. The van der Waals surface area contributed by atoms with Crippen LogP contribution in [0.2, 0.25) is 0 Å². The van der Waals surface area contributed by atoms with Gasteiger partial charge in [-0.15, -0.1) is 0 Å². The van der Waals surface area contributed by atoms with Gasteiger partial charge >= 0.3 is 6.18 Å². The minimum atomic E-state index is -4.55. The maximum Gasteiger partial charge on any atom is 0.419 e. The Morgan fingerprint density at radius 2 is 1.83 bits per heavy atom. The van der Waals surface area contributed by atoms with Crippen LogP contribution >= 0.6 is 0 Å². The van der Waals surface area contributed by atoms with E-state index in [1.807, 2.05) is 13.8 Å². The molecule has 1 aromatic carbocycles. The van der Waals surface area contributed by atoms with Gasteiger partial charge in [-0.1, -0.05) is 26.0 Å². The quantitative estimate of drug-likeness (QED) is 0.795. The lowest BCUT2D eigenvalue weighted by molar-refractivity contribution is -0.140. The molecule has 24 heavy (non-hydrogen) atoms. The molecule has 0 spiro atoms. The van der Waals surface area contributed by atoms with E-state index in [9.17, 15) is 23.1 Å². The number of aliphatic hydroxyl groups is 1. The smallest absolute Gasteiger partial charge is 0.419 e. The Hall–Kier alpha value is -1.76. The third-order valence-electron chi connectivity index (χ3n) is 3.45. The van der Waals surface area contributed by atoms with Gasteiger partial charge in [-0.3, -0.25) is 4.79 Å². The van der Waals surface area contributed by atoms with Crippen LogP contribution in [0.4, 0.5) is 13.2 Å². The lowest BCUT2D eigenvalue weighted by atomic mass is 9.87. The first kappa shape index (κ1) is 20.3. The Morgan fingerprint density at radius 1 is 1.25 bits per heavy atom. The zero-order chi connectivity index (χ0) is 18.5. The summed E-state index contributed by atoms with van der Waals surface area (Å²) in [6, 6.07) is 4.77. The van der Waals surface area contributed by atoms with Crippen LogP contribution < -0.4 is 10.1 Å². The van der Waals surface area contributed by atoms with Crippen LogP contribution in [0.5, 0.6) is 5.75 Å². The highest BCUT2D eigenvalue weighted by molar-refractivity contribution is 5.80. The van der Waals surface area contributed by atoms with Gasteiger partial charge in [0.05, 0.1) is 11.7 Å². The number of para-hydroxylation sites is 1. The predicted molar refractivity (Wildman–Crippen MR) is 84.6 cm³/mol. The van der Waals surface area contributed by atoms with Crippen LogP contribution in [0.15, 0.2) is 24.3 Å². The van der Waals surface area contributed by atoms with E-state index in [-0.39, 0.29) is 17.7 Å². The Balaban J connectivity index is 2.69. The van der Waals surface area contributed by atoms with Gasteiger partial charge in [-0.05, 0) is 37.8 Å². The molecular weight excluding hydrogens is 323 g/mol. The normalized spacial score (nSPS) is 14.8. The van der Waals surface area contributed by atoms with Crippen LogP contribution in [0.3, 0.4) is 0 Å². The number of rotatable bonds is 7. The highest BCUT2D eigenvalue weighted by atomic mass is 19.4. The molecule has 0 aliphatic heterocycles. The molecule has 1 rings (SSSR count). The van der Waals surface area contributed by atoms with Crippen molar-refractivity contribution in [1.82, 2.24) is 5.32 Å². The van der Waals surface area contributed by atoms with E-state index in [1.165, 1.54) is 25.1 Å². The van der Waals surface area contributed by atoms with Gasteiger partial charge in [0.15, 0.2) is 6.10 Å². The Bertz CT molecular complexity index is 556. The monoisotopic (exact) mass is 347 g/mol. The largest absolute Gasteiger partial charge is 0.480 e. The fraction of sp³-hybridized carbons (Fsp3) is 0.588. The summed E-state index contributed by atoms with van der Waals surface area (Å²) in [4.78, 5) is 12.1. The average molecular weight is 347 g/mol. The van der Waals surface area contributed by atoms with Crippen molar-refractivity contribution in [2.45, 2.75) is 52.5 Å². The Labute approximate surface area is 140 Å². The summed E-state index contributed by atoms with van der Waals surface area (Å²) in [6.45, 7) is 7.09. The van der Waals surface area contributed by atoms with Crippen molar-refractivity contribution in [3.63, 3.8) is 0 Å². The summed E-state index contributed by atoms with van der Waals surface area (Å²) in [5.74, 6) is -0.887. The number of hydrogen-bond donors (Lipinski definition) is 2. The maximum absolute atomic E-state index is 12.9. The molecule has 2 atom stereocenters. The molecular formula is C17H24F3NO3. The third kappa shape index (κ3) is 6.39. The van der Waals surface area contributed by atoms with Crippen molar-refractivity contribution in [3.8, 4) is 5.75 Å². The molecule has 0 aliphatic rings. The van der Waals surface area contributed by atoms with Crippen molar-refractivity contribution in [1.29, 1.82) is 0 Å². The topological polar surface area (TPSA) is 58.6 Å². The van der Waals surface area contributed by atoms with Crippen molar-refractivity contribution in [2.24, 2.45) is 5.41 Å². The highest BCUT2D eigenvalue weighted by Gasteiger charge is 2.35. The molecule has 136 valence electrons. The van der Waals surface area contributed by atoms with E-state index in [0.717, 1.165) is 6.07 Å². The van der Waals surface area contributed by atoms with Crippen molar-refractivity contribution in [3.05, 3.63) is 29.8 Å². The molecule has 2 N–H and O–H groups in total. The van der Waals surface area contributed by atoms with Gasteiger partial charge in [0.25, 0.3) is 5.91 Å². The van der Waals surface area contributed by atoms with Gasteiger partial charge in [-0.2, -0.15) is 13.2 Å². The zero-order valence-electron chi connectivity index (χ0n) is 14.3. The number of nitrogens with one attached hydrogen (secondary N) is 1. The number of benzene rings is 1. The van der Waals surface area contributed by atoms with Crippen molar-refractivity contribution in [2.75, 3.05) is 6.54 Å². The second-order valence-electron chi connectivity index (χ2n) is 6.69. The van der Waals surface area contributed by atoms with E-state index in [2.05, 4.69) is 5.32 Å². The highest BCUT2D eigenvalue weighted by Crippen LogP contribution is 2.36. The van der Waals surface area contributed by atoms with E-state index in [0.29, 0.717) is 6.42 Å². The van der Waals surface area contributed by atoms with Gasteiger partial charge in [-0.25, -0.2) is 0 Å². The minimum Gasteiger partial charge on any atom is -0.480 e. The lowest BCUT2D eigenvalue weighted by Gasteiger charge is -2.27. The van der Waals surface area contributed by atoms with Crippen molar-refractivity contribution < 1.29 is 27.8 Å². The van der Waals surface area contributed by atoms with Gasteiger partial charge in [0.2, 0.25) is 0 Å². The van der Waals surface area contributed by atoms with Gasteiger partial charge < -0.3 is 15.2 Å². The van der Waals surface area contributed by atoms with Crippen LogP contribution in [-0.4, -0.2) is 29.8 Å². The fourth-order valence-corrected chi connectivity index (χ4v) is 2.39. The van der Waals surface area contributed by atoms with Crippen LogP contribution in [0.1, 0.15) is 39.7 Å². The first-order valence-electron chi connectivity index (χ1n) is 7.71. The molecule has 0 saturated heterocycles. The summed E-state index contributed by atoms with van der Waals surface area (Å²) < 4.78 is 44.0. The number of hydrogen-bond acceptors (Lipinski definition) is 3. The molecule has 0 heterocycles. The second-order valence-corrected chi connectivity index (χ2v) is 6.69. The number of carbonyl (C=O) groups is 1. The summed E-state index contributed by atoms with van der Waals surface area (Å²) in [5.41, 5.74) is -1.26. The van der Waals surface area contributed by atoms with Crippen molar-refractivity contribution >= 4 is 5.91 Å². The van der Waals surface area contributed by atoms with Gasteiger partial charge in [0, 0.05) is 6.54 Å². The Morgan fingerprint density at radius 3 is 2.38 bits per heavy atom. The first-order valence-corrected chi connectivity index (χ1v) is 7.71. The number of ether oxygens (including phenoxy) is 1. The number of carbonyl (C=O) groups excluding carboxylic acids is 1. The first-order chi connectivity index (χ1) is 10.9. The van der Waals surface area contributed by atoms with Crippen LogP contribution in [0, 0.1) is 5.41 Å². The molecule has 0 bridgehead atoms. The Kier molecular flexibility index (Phi) is 6.66. The molecule has 4 nitrogen and oxygen atoms in total. The van der Waals surface area contributed by atoms with Crippen LogP contribution in [-0.2, 0) is 11.0 Å². The molecule has 0 aliphatic carbocycles. The predicted octanol–water partition coefficient (Wildman–Crippen LogP) is 3.39. The SMILES string of the molecule is CC(O)CC(C)(C)CNC(=O)C(C)Oc1ccccc1C(F)(F)F. The van der Waals surface area contributed by atoms with Gasteiger partial charge in [0.1, 0.15) is 5.75 Å². The number of aliphatic hydroxyl groups excluding tert-OH is 1.